The Morgan fingerprint density at radius 1 is 1.25 bits per heavy atom. The number of hydrogen-bond acceptors (Lipinski definition) is 4. The average molecular weight is 219 g/mol. The maximum absolute atomic E-state index is 11.4. The number of nitrogens with zero attached hydrogens (tertiary/aromatic N) is 1. The van der Waals surface area contributed by atoms with Crippen LogP contribution in [0, 0.1) is 24.0 Å². The monoisotopic (exact) mass is 219 g/mol. The van der Waals surface area contributed by atoms with Crippen molar-refractivity contribution in [1.82, 2.24) is 0 Å². The summed E-state index contributed by atoms with van der Waals surface area (Å²) in [7, 11) is 0. The van der Waals surface area contributed by atoms with Gasteiger partial charge in [-0.3, -0.25) is 10.1 Å². The van der Waals surface area contributed by atoms with Gasteiger partial charge in [-0.1, -0.05) is 0 Å². The van der Waals surface area contributed by atoms with Crippen molar-refractivity contribution >= 4 is 16.7 Å². The van der Waals surface area contributed by atoms with Gasteiger partial charge in [0, 0.05) is 23.1 Å². The summed E-state index contributed by atoms with van der Waals surface area (Å²) < 4.78 is 5.03. The van der Waals surface area contributed by atoms with Crippen molar-refractivity contribution in [1.29, 1.82) is 0 Å². The number of nitro groups is 1. The lowest BCUT2D eigenvalue weighted by atomic mass is 10.1. The second kappa shape index (κ2) is 3.44. The highest BCUT2D eigenvalue weighted by molar-refractivity contribution is 5.83. The average Bonchev–Trinajstić information content (AvgIpc) is 2.25. The minimum absolute atomic E-state index is 0.0103. The largest absolute Gasteiger partial charge is 0.423 e. The number of rotatable bonds is 1. The topological polar surface area (TPSA) is 73.3 Å². The van der Waals surface area contributed by atoms with Gasteiger partial charge in [-0.25, -0.2) is 4.79 Å². The van der Waals surface area contributed by atoms with Crippen molar-refractivity contribution in [3.63, 3.8) is 0 Å². The van der Waals surface area contributed by atoms with Crippen LogP contribution in [0.15, 0.2) is 27.4 Å². The molecule has 0 amide bonds. The first-order chi connectivity index (χ1) is 7.50. The van der Waals surface area contributed by atoms with Crippen LogP contribution in [0.25, 0.3) is 11.0 Å². The third kappa shape index (κ3) is 1.46. The highest BCUT2D eigenvalue weighted by Crippen LogP contribution is 2.23. The molecule has 5 nitrogen and oxygen atoms in total. The van der Waals surface area contributed by atoms with E-state index in [4.69, 9.17) is 4.42 Å². The maximum atomic E-state index is 11.4. The lowest BCUT2D eigenvalue weighted by molar-refractivity contribution is -0.384. The SMILES string of the molecule is Cc1c(C)c2cc([N+](=O)[O-])ccc2oc1=O. The zero-order valence-electron chi connectivity index (χ0n) is 8.81. The van der Waals surface area contributed by atoms with E-state index in [9.17, 15) is 14.9 Å². The van der Waals surface area contributed by atoms with Crippen molar-refractivity contribution in [2.24, 2.45) is 0 Å². The van der Waals surface area contributed by atoms with Crippen LogP contribution >= 0.6 is 0 Å². The summed E-state index contributed by atoms with van der Waals surface area (Å²) in [5.41, 5.74) is 1.16. The van der Waals surface area contributed by atoms with Crippen LogP contribution in [0.3, 0.4) is 0 Å². The molecule has 0 fully saturated rings. The van der Waals surface area contributed by atoms with E-state index in [-0.39, 0.29) is 5.69 Å². The fraction of sp³-hybridized carbons (Fsp3) is 0.182. The zero-order valence-corrected chi connectivity index (χ0v) is 8.81. The van der Waals surface area contributed by atoms with Gasteiger partial charge in [-0.2, -0.15) is 0 Å². The molecule has 0 aliphatic heterocycles. The molecule has 2 aromatic rings. The van der Waals surface area contributed by atoms with E-state index in [2.05, 4.69) is 0 Å². The molecule has 0 unspecified atom stereocenters. The van der Waals surface area contributed by atoms with Gasteiger partial charge in [0.05, 0.1) is 4.92 Å². The van der Waals surface area contributed by atoms with Crippen molar-refractivity contribution in [2.45, 2.75) is 13.8 Å². The molecule has 1 heterocycles. The molecule has 0 aliphatic carbocycles. The molecular formula is C11H9NO4. The summed E-state index contributed by atoms with van der Waals surface area (Å²) in [6, 6.07) is 4.18. The molecule has 0 aliphatic rings. The quantitative estimate of drug-likeness (QED) is 0.419. The van der Waals surface area contributed by atoms with E-state index in [0.29, 0.717) is 16.5 Å². The Morgan fingerprint density at radius 3 is 2.56 bits per heavy atom. The number of benzene rings is 1. The van der Waals surface area contributed by atoms with Crippen molar-refractivity contribution in [3.8, 4) is 0 Å². The van der Waals surface area contributed by atoms with Gasteiger partial charge in [-0.15, -0.1) is 0 Å². The Balaban J connectivity index is 2.88. The summed E-state index contributed by atoms with van der Waals surface area (Å²) in [6.45, 7) is 3.39. The third-order valence-electron chi connectivity index (χ3n) is 2.65. The van der Waals surface area contributed by atoms with Crippen LogP contribution in [0.1, 0.15) is 11.1 Å². The summed E-state index contributed by atoms with van der Waals surface area (Å²) in [4.78, 5) is 21.5. The normalized spacial score (nSPS) is 10.6. The molecule has 0 saturated carbocycles. The van der Waals surface area contributed by atoms with Gasteiger partial charge in [-0.05, 0) is 25.5 Å². The fourth-order valence-corrected chi connectivity index (χ4v) is 1.55. The lowest BCUT2D eigenvalue weighted by Crippen LogP contribution is -2.05. The van der Waals surface area contributed by atoms with Crippen molar-refractivity contribution in [3.05, 3.63) is 49.9 Å². The van der Waals surface area contributed by atoms with Gasteiger partial charge in [0.2, 0.25) is 0 Å². The summed E-state index contributed by atoms with van der Waals surface area (Å²) in [5.74, 6) is 0. The Hall–Kier alpha value is -2.17. The predicted octanol–water partition coefficient (Wildman–Crippen LogP) is 2.32. The first kappa shape index (κ1) is 10.4. The Kier molecular flexibility index (Phi) is 2.23. The molecule has 16 heavy (non-hydrogen) atoms. The van der Waals surface area contributed by atoms with E-state index >= 15 is 0 Å². The molecule has 1 aromatic carbocycles. The van der Waals surface area contributed by atoms with Crippen LogP contribution in [0.2, 0.25) is 0 Å². The Labute approximate surface area is 90.5 Å². The molecule has 0 atom stereocenters. The van der Waals surface area contributed by atoms with E-state index in [1.165, 1.54) is 18.2 Å². The fourth-order valence-electron chi connectivity index (χ4n) is 1.55. The van der Waals surface area contributed by atoms with Gasteiger partial charge >= 0.3 is 5.63 Å². The molecule has 0 radical (unpaired) electrons. The second-order valence-electron chi connectivity index (χ2n) is 3.58. The first-order valence-electron chi connectivity index (χ1n) is 4.69. The smallest absolute Gasteiger partial charge is 0.339 e. The maximum Gasteiger partial charge on any atom is 0.339 e. The zero-order chi connectivity index (χ0) is 11.9. The highest BCUT2D eigenvalue weighted by atomic mass is 16.6. The molecule has 82 valence electrons. The summed E-state index contributed by atoms with van der Waals surface area (Å²) >= 11 is 0. The molecule has 0 bridgehead atoms. The van der Waals surface area contributed by atoms with Gasteiger partial charge in [0.25, 0.3) is 5.69 Å². The Morgan fingerprint density at radius 2 is 1.94 bits per heavy atom. The molecular weight excluding hydrogens is 210 g/mol. The van der Waals surface area contributed by atoms with Crippen LogP contribution in [0.5, 0.6) is 0 Å². The standard InChI is InChI=1S/C11H9NO4/c1-6-7(2)11(13)16-10-4-3-8(12(14)15)5-9(6)10/h3-5H,1-2H3. The van der Waals surface area contributed by atoms with Crippen molar-refractivity contribution < 1.29 is 9.34 Å². The van der Waals surface area contributed by atoms with E-state index in [1.807, 2.05) is 0 Å². The van der Waals surface area contributed by atoms with Gasteiger partial charge in [0.15, 0.2) is 0 Å². The van der Waals surface area contributed by atoms with Crippen molar-refractivity contribution in [2.75, 3.05) is 0 Å². The number of hydrogen-bond donors (Lipinski definition) is 0. The van der Waals surface area contributed by atoms with Gasteiger partial charge in [0.1, 0.15) is 5.58 Å². The molecule has 0 N–H and O–H groups in total. The number of non-ortho nitro benzene ring substituents is 1. The lowest BCUT2D eigenvalue weighted by Gasteiger charge is -2.03. The van der Waals surface area contributed by atoms with Crippen LogP contribution in [-0.2, 0) is 0 Å². The number of aryl methyl sites for hydroxylation is 1. The number of nitro benzene ring substituents is 1. The predicted molar refractivity (Wildman–Crippen MR) is 58.6 cm³/mol. The van der Waals surface area contributed by atoms with Crippen LogP contribution < -0.4 is 5.63 Å². The highest BCUT2D eigenvalue weighted by Gasteiger charge is 2.12. The van der Waals surface area contributed by atoms with Crippen LogP contribution in [-0.4, -0.2) is 4.92 Å². The number of fused-ring (bicyclic) bond motifs is 1. The van der Waals surface area contributed by atoms with E-state index in [0.717, 1.165) is 5.56 Å². The van der Waals surface area contributed by atoms with E-state index in [1.54, 1.807) is 13.8 Å². The molecule has 0 saturated heterocycles. The minimum atomic E-state index is -0.473. The van der Waals surface area contributed by atoms with Gasteiger partial charge < -0.3 is 4.42 Å². The third-order valence-corrected chi connectivity index (χ3v) is 2.65. The summed E-state index contributed by atoms with van der Waals surface area (Å²) in [5, 5.41) is 11.2. The molecule has 1 aromatic heterocycles. The second-order valence-corrected chi connectivity index (χ2v) is 3.58. The molecule has 2 rings (SSSR count). The molecule has 5 heteroatoms. The molecule has 0 spiro atoms. The first-order valence-corrected chi connectivity index (χ1v) is 4.69. The Bertz CT molecular complexity index is 642. The van der Waals surface area contributed by atoms with Crippen LogP contribution in [0.4, 0.5) is 5.69 Å². The minimum Gasteiger partial charge on any atom is -0.423 e. The summed E-state index contributed by atoms with van der Waals surface area (Å²) in [6.07, 6.45) is 0. The van der Waals surface area contributed by atoms with E-state index < -0.39 is 10.5 Å².